The van der Waals surface area contributed by atoms with Gasteiger partial charge in [-0.3, -0.25) is 9.59 Å². The van der Waals surface area contributed by atoms with Crippen LogP contribution in [0.25, 0.3) is 11.3 Å². The summed E-state index contributed by atoms with van der Waals surface area (Å²) in [4.78, 5) is 25.3. The summed E-state index contributed by atoms with van der Waals surface area (Å²) >= 11 is 0. The third-order valence-corrected chi connectivity index (χ3v) is 4.57. The minimum absolute atomic E-state index is 0.0207. The van der Waals surface area contributed by atoms with Crippen LogP contribution < -0.4 is 5.32 Å². The molecule has 0 aliphatic carbocycles. The zero-order valence-corrected chi connectivity index (χ0v) is 16.4. The number of hydrogen-bond donors (Lipinski definition) is 1. The number of carbonyl (C=O) groups excluding carboxylic acids is 2. The number of furan rings is 1. The van der Waals surface area contributed by atoms with E-state index in [1.165, 1.54) is 13.0 Å². The molecule has 0 spiro atoms. The Morgan fingerprint density at radius 3 is 2.62 bits per heavy atom. The molecule has 1 N–H and O–H groups in total. The van der Waals surface area contributed by atoms with E-state index in [1.807, 2.05) is 18.2 Å². The Kier molecular flexibility index (Phi) is 6.44. The van der Waals surface area contributed by atoms with Crippen molar-refractivity contribution in [2.75, 3.05) is 12.4 Å². The van der Waals surface area contributed by atoms with Gasteiger partial charge in [0.15, 0.2) is 0 Å². The van der Waals surface area contributed by atoms with Crippen molar-refractivity contribution < 1.29 is 18.4 Å². The van der Waals surface area contributed by atoms with Crippen molar-refractivity contribution in [3.63, 3.8) is 0 Å². The summed E-state index contributed by atoms with van der Waals surface area (Å²) in [6.45, 7) is 1.99. The van der Waals surface area contributed by atoms with E-state index in [2.05, 4.69) is 5.32 Å². The summed E-state index contributed by atoms with van der Waals surface area (Å²) in [6.07, 6.45) is 0.648. The third kappa shape index (κ3) is 5.54. The molecule has 2 aromatic carbocycles. The Bertz CT molecular complexity index is 1010. The van der Waals surface area contributed by atoms with Crippen LogP contribution in [0.4, 0.5) is 10.1 Å². The SMILES string of the molecule is CC(=O)N(C)Cc1cccc(NC(=O)CCc2ccc(-c3ccccc3F)o2)c1. The van der Waals surface area contributed by atoms with Crippen LogP contribution in [0.15, 0.2) is 65.1 Å². The molecule has 150 valence electrons. The van der Waals surface area contributed by atoms with Gasteiger partial charge in [0, 0.05) is 39.0 Å². The summed E-state index contributed by atoms with van der Waals surface area (Å²) in [5.74, 6) is 0.552. The molecule has 0 aliphatic rings. The number of halogens is 1. The number of anilines is 1. The summed E-state index contributed by atoms with van der Waals surface area (Å²) in [5.41, 5.74) is 2.01. The summed E-state index contributed by atoms with van der Waals surface area (Å²) < 4.78 is 19.5. The van der Waals surface area contributed by atoms with Crippen LogP contribution in [0, 0.1) is 5.82 Å². The molecule has 0 saturated heterocycles. The average Bonchev–Trinajstić information content (AvgIpc) is 3.16. The molecule has 6 heteroatoms. The average molecular weight is 394 g/mol. The molecule has 0 saturated carbocycles. The fraction of sp³-hybridized carbons (Fsp3) is 0.217. The van der Waals surface area contributed by atoms with Crippen LogP contribution in [-0.4, -0.2) is 23.8 Å². The highest BCUT2D eigenvalue weighted by Crippen LogP contribution is 2.25. The van der Waals surface area contributed by atoms with Crippen LogP contribution in [0.3, 0.4) is 0 Å². The van der Waals surface area contributed by atoms with Gasteiger partial charge in [-0.15, -0.1) is 0 Å². The molecule has 2 amide bonds. The molecule has 1 heterocycles. The first kappa shape index (κ1) is 20.3. The number of nitrogens with one attached hydrogen (secondary N) is 1. The molecule has 3 aromatic rings. The summed E-state index contributed by atoms with van der Waals surface area (Å²) in [5, 5.41) is 2.86. The van der Waals surface area contributed by atoms with Crippen LogP contribution in [0.1, 0.15) is 24.7 Å². The van der Waals surface area contributed by atoms with Gasteiger partial charge in [-0.1, -0.05) is 24.3 Å². The van der Waals surface area contributed by atoms with Crippen molar-refractivity contribution >= 4 is 17.5 Å². The molecular weight excluding hydrogens is 371 g/mol. The van der Waals surface area contributed by atoms with E-state index in [0.717, 1.165) is 5.56 Å². The predicted octanol–water partition coefficient (Wildman–Crippen LogP) is 4.64. The van der Waals surface area contributed by atoms with Gasteiger partial charge in [-0.25, -0.2) is 4.39 Å². The van der Waals surface area contributed by atoms with Gasteiger partial charge in [0.25, 0.3) is 0 Å². The molecule has 1 aromatic heterocycles. The quantitative estimate of drug-likeness (QED) is 0.635. The Balaban J connectivity index is 1.56. The number of amides is 2. The number of rotatable bonds is 7. The van der Waals surface area contributed by atoms with E-state index < -0.39 is 0 Å². The van der Waals surface area contributed by atoms with Gasteiger partial charge in [-0.05, 0) is 42.0 Å². The number of carbonyl (C=O) groups is 2. The maximum atomic E-state index is 13.9. The van der Waals surface area contributed by atoms with Crippen molar-refractivity contribution in [2.45, 2.75) is 26.3 Å². The van der Waals surface area contributed by atoms with E-state index >= 15 is 0 Å². The lowest BCUT2D eigenvalue weighted by molar-refractivity contribution is -0.128. The minimum atomic E-state index is -0.346. The Labute approximate surface area is 169 Å². The topological polar surface area (TPSA) is 62.6 Å². The van der Waals surface area contributed by atoms with Gasteiger partial charge in [0.2, 0.25) is 11.8 Å². The second-order valence-corrected chi connectivity index (χ2v) is 6.87. The first-order valence-corrected chi connectivity index (χ1v) is 9.36. The highest BCUT2D eigenvalue weighted by atomic mass is 19.1. The molecule has 0 unspecified atom stereocenters. The van der Waals surface area contributed by atoms with Crippen molar-refractivity contribution in [3.05, 3.63) is 77.8 Å². The second kappa shape index (κ2) is 9.19. The molecule has 0 bridgehead atoms. The fourth-order valence-electron chi connectivity index (χ4n) is 2.91. The fourth-order valence-corrected chi connectivity index (χ4v) is 2.91. The largest absolute Gasteiger partial charge is 0.461 e. The number of benzene rings is 2. The molecular formula is C23H23FN2O3. The van der Waals surface area contributed by atoms with Crippen molar-refractivity contribution in [1.82, 2.24) is 4.90 Å². The highest BCUT2D eigenvalue weighted by Gasteiger charge is 2.11. The number of nitrogens with zero attached hydrogens (tertiary/aromatic N) is 1. The Hall–Kier alpha value is -3.41. The van der Waals surface area contributed by atoms with Crippen LogP contribution >= 0.6 is 0 Å². The molecule has 0 atom stereocenters. The molecule has 0 fully saturated rings. The van der Waals surface area contributed by atoms with E-state index in [9.17, 15) is 14.0 Å². The normalized spacial score (nSPS) is 10.6. The first-order chi connectivity index (χ1) is 13.9. The predicted molar refractivity (Wildman–Crippen MR) is 110 cm³/mol. The van der Waals surface area contributed by atoms with E-state index in [0.29, 0.717) is 35.7 Å². The van der Waals surface area contributed by atoms with Gasteiger partial charge in [-0.2, -0.15) is 0 Å². The van der Waals surface area contributed by atoms with Crippen LogP contribution in [0.2, 0.25) is 0 Å². The summed E-state index contributed by atoms with van der Waals surface area (Å²) in [6, 6.07) is 17.3. The van der Waals surface area contributed by atoms with Crippen molar-refractivity contribution in [1.29, 1.82) is 0 Å². The van der Waals surface area contributed by atoms with Gasteiger partial charge in [0.1, 0.15) is 17.3 Å². The van der Waals surface area contributed by atoms with Crippen molar-refractivity contribution in [2.24, 2.45) is 0 Å². The van der Waals surface area contributed by atoms with E-state index in [1.54, 1.807) is 48.3 Å². The maximum Gasteiger partial charge on any atom is 0.224 e. The molecule has 5 nitrogen and oxygen atoms in total. The van der Waals surface area contributed by atoms with E-state index in [-0.39, 0.29) is 24.1 Å². The minimum Gasteiger partial charge on any atom is -0.461 e. The Morgan fingerprint density at radius 2 is 1.86 bits per heavy atom. The van der Waals surface area contributed by atoms with Crippen LogP contribution in [-0.2, 0) is 22.6 Å². The number of hydrogen-bond acceptors (Lipinski definition) is 3. The molecule has 0 radical (unpaired) electrons. The lowest BCUT2D eigenvalue weighted by atomic mass is 10.1. The van der Waals surface area contributed by atoms with Crippen molar-refractivity contribution in [3.8, 4) is 11.3 Å². The smallest absolute Gasteiger partial charge is 0.224 e. The van der Waals surface area contributed by atoms with Gasteiger partial charge < -0.3 is 14.6 Å². The third-order valence-electron chi connectivity index (χ3n) is 4.57. The molecule has 0 aliphatic heterocycles. The maximum absolute atomic E-state index is 13.9. The van der Waals surface area contributed by atoms with Gasteiger partial charge >= 0.3 is 0 Å². The first-order valence-electron chi connectivity index (χ1n) is 9.36. The van der Waals surface area contributed by atoms with Crippen LogP contribution in [0.5, 0.6) is 0 Å². The number of aryl methyl sites for hydroxylation is 1. The summed E-state index contributed by atoms with van der Waals surface area (Å²) in [7, 11) is 1.73. The van der Waals surface area contributed by atoms with E-state index in [4.69, 9.17) is 4.42 Å². The zero-order valence-electron chi connectivity index (χ0n) is 16.4. The lowest BCUT2D eigenvalue weighted by Crippen LogP contribution is -2.23. The molecule has 3 rings (SSSR count). The highest BCUT2D eigenvalue weighted by molar-refractivity contribution is 5.90. The Morgan fingerprint density at radius 1 is 1.07 bits per heavy atom. The standard InChI is InChI=1S/C23H23FN2O3/c1-16(27)26(2)15-17-6-5-7-18(14-17)25-23(28)13-11-19-10-12-22(29-19)20-8-3-4-9-21(20)24/h3-10,12,14H,11,13,15H2,1-2H3,(H,25,28). The zero-order chi connectivity index (χ0) is 20.8. The molecule has 29 heavy (non-hydrogen) atoms. The van der Waals surface area contributed by atoms with Gasteiger partial charge in [0.05, 0.1) is 5.56 Å². The second-order valence-electron chi connectivity index (χ2n) is 6.87. The monoisotopic (exact) mass is 394 g/mol. The lowest BCUT2D eigenvalue weighted by Gasteiger charge is -2.15.